The van der Waals surface area contributed by atoms with Crippen LogP contribution in [0, 0.1) is 13.8 Å². The molecule has 2 aromatic rings. The fourth-order valence-electron chi connectivity index (χ4n) is 2.17. The number of fused-ring (bicyclic) bond motifs is 1. The van der Waals surface area contributed by atoms with E-state index in [9.17, 15) is 8.42 Å². The average molecular weight is 294 g/mol. The molecular formula is C13H14N2O2S2. The molecule has 0 atom stereocenters. The molecule has 0 amide bonds. The Bertz CT molecular complexity index is 694. The number of rotatable bonds is 2. The highest BCUT2D eigenvalue weighted by Crippen LogP contribution is 2.31. The zero-order valence-corrected chi connectivity index (χ0v) is 12.4. The number of hydrogen-bond donors (Lipinski definition) is 0. The Hall–Kier alpha value is -1.24. The molecule has 0 fully saturated rings. The molecule has 0 N–H and O–H groups in total. The largest absolute Gasteiger partial charge is 0.245 e. The van der Waals surface area contributed by atoms with Crippen molar-refractivity contribution in [2.45, 2.75) is 31.8 Å². The van der Waals surface area contributed by atoms with Crippen molar-refractivity contribution < 1.29 is 8.42 Å². The highest BCUT2D eigenvalue weighted by molar-refractivity contribution is 7.89. The molecule has 0 unspecified atom stereocenters. The predicted octanol–water partition coefficient (Wildman–Crippen LogP) is 2.46. The van der Waals surface area contributed by atoms with Crippen LogP contribution in [0.25, 0.3) is 0 Å². The van der Waals surface area contributed by atoms with Gasteiger partial charge in [0.25, 0.3) is 0 Å². The Morgan fingerprint density at radius 3 is 2.47 bits per heavy atom. The minimum Gasteiger partial charge on any atom is -0.245 e. The normalized spacial score (nSPS) is 15.7. The van der Waals surface area contributed by atoms with Gasteiger partial charge in [-0.2, -0.15) is 4.31 Å². The van der Waals surface area contributed by atoms with Crippen molar-refractivity contribution in [3.8, 4) is 0 Å². The Morgan fingerprint density at radius 2 is 1.84 bits per heavy atom. The second-order valence-electron chi connectivity index (χ2n) is 4.69. The molecule has 1 aromatic carbocycles. The van der Waals surface area contributed by atoms with Crippen LogP contribution in [0.2, 0.25) is 0 Å². The smallest absolute Gasteiger partial charge is 0.243 e. The minimum atomic E-state index is -3.41. The maximum absolute atomic E-state index is 12.5. The maximum Gasteiger partial charge on any atom is 0.243 e. The van der Waals surface area contributed by atoms with Gasteiger partial charge in [-0.1, -0.05) is 17.7 Å². The molecule has 0 bridgehead atoms. The van der Waals surface area contributed by atoms with E-state index in [0.29, 0.717) is 18.0 Å². The lowest BCUT2D eigenvalue weighted by molar-refractivity contribution is 0.430. The minimum absolute atomic E-state index is 0.352. The van der Waals surface area contributed by atoms with E-state index in [1.54, 1.807) is 23.5 Å². The van der Waals surface area contributed by atoms with E-state index >= 15 is 0 Å². The van der Waals surface area contributed by atoms with Crippen LogP contribution in [0.15, 0.2) is 29.2 Å². The second-order valence-corrected chi connectivity index (χ2v) is 7.91. The molecule has 1 aromatic heterocycles. The third-order valence-corrected chi connectivity index (χ3v) is 5.99. The van der Waals surface area contributed by atoms with E-state index in [1.807, 2.05) is 26.0 Å². The second kappa shape index (κ2) is 4.40. The molecule has 0 radical (unpaired) electrons. The first-order valence-electron chi connectivity index (χ1n) is 5.99. The van der Waals surface area contributed by atoms with Gasteiger partial charge in [-0.05, 0) is 26.0 Å². The molecule has 3 rings (SSSR count). The number of hydrogen-bond acceptors (Lipinski definition) is 4. The quantitative estimate of drug-likeness (QED) is 0.855. The summed E-state index contributed by atoms with van der Waals surface area (Å²) in [6, 6.07) is 6.97. The van der Waals surface area contributed by atoms with Crippen LogP contribution in [-0.2, 0) is 23.1 Å². The monoisotopic (exact) mass is 294 g/mol. The summed E-state index contributed by atoms with van der Waals surface area (Å²) in [5.74, 6) is 0. The number of nitrogens with zero attached hydrogens (tertiary/aromatic N) is 2. The molecule has 4 nitrogen and oxygen atoms in total. The first kappa shape index (κ1) is 12.8. The molecular weight excluding hydrogens is 280 g/mol. The molecule has 2 heterocycles. The van der Waals surface area contributed by atoms with Gasteiger partial charge < -0.3 is 0 Å². The third kappa shape index (κ3) is 2.20. The summed E-state index contributed by atoms with van der Waals surface area (Å²) in [6.07, 6.45) is 0. The van der Waals surface area contributed by atoms with Gasteiger partial charge in [-0.3, -0.25) is 0 Å². The Kier molecular flexibility index (Phi) is 2.96. The van der Waals surface area contributed by atoms with Crippen LogP contribution in [0.1, 0.15) is 21.1 Å². The van der Waals surface area contributed by atoms with Crippen LogP contribution in [0.5, 0.6) is 0 Å². The van der Waals surface area contributed by atoms with Crippen LogP contribution in [0.4, 0.5) is 0 Å². The van der Waals surface area contributed by atoms with Gasteiger partial charge in [0.2, 0.25) is 10.0 Å². The van der Waals surface area contributed by atoms with E-state index in [1.165, 1.54) is 4.31 Å². The van der Waals surface area contributed by atoms with Gasteiger partial charge >= 0.3 is 0 Å². The summed E-state index contributed by atoms with van der Waals surface area (Å²) in [5, 5.41) is 0.998. The number of aromatic nitrogens is 1. The molecule has 0 saturated carbocycles. The lowest BCUT2D eigenvalue weighted by Crippen LogP contribution is -2.25. The third-order valence-electron chi connectivity index (χ3n) is 3.19. The Balaban J connectivity index is 1.91. The number of thiazole rings is 1. The Labute approximate surface area is 116 Å². The molecule has 0 saturated heterocycles. The average Bonchev–Trinajstić information content (AvgIpc) is 2.87. The van der Waals surface area contributed by atoms with Gasteiger partial charge in [0.1, 0.15) is 0 Å². The Morgan fingerprint density at radius 1 is 1.16 bits per heavy atom. The number of aryl methyl sites for hydroxylation is 2. The summed E-state index contributed by atoms with van der Waals surface area (Å²) >= 11 is 1.58. The summed E-state index contributed by atoms with van der Waals surface area (Å²) < 4.78 is 26.5. The van der Waals surface area contributed by atoms with Crippen molar-refractivity contribution >= 4 is 21.4 Å². The van der Waals surface area contributed by atoms with Gasteiger partial charge in [-0.25, -0.2) is 13.4 Å². The van der Waals surface area contributed by atoms with Gasteiger partial charge in [0.15, 0.2) is 0 Å². The van der Waals surface area contributed by atoms with Crippen molar-refractivity contribution in [3.05, 3.63) is 45.4 Å². The first-order valence-corrected chi connectivity index (χ1v) is 8.24. The van der Waals surface area contributed by atoms with Crippen molar-refractivity contribution in [1.29, 1.82) is 0 Å². The molecule has 0 aliphatic carbocycles. The summed E-state index contributed by atoms with van der Waals surface area (Å²) in [7, 11) is -3.41. The highest BCUT2D eigenvalue weighted by Gasteiger charge is 2.32. The fraction of sp³-hybridized carbons (Fsp3) is 0.308. The fourth-order valence-corrected chi connectivity index (χ4v) is 4.58. The van der Waals surface area contributed by atoms with Crippen LogP contribution in [-0.4, -0.2) is 17.7 Å². The standard InChI is InChI=1S/C13H14N2O2S2/c1-9-3-5-11(6-4-9)19(16,17)15-7-12-13(8-15)18-10(2)14-12/h3-6H,7-8H2,1-2H3. The SMILES string of the molecule is Cc1ccc(S(=O)(=O)N2Cc3nc(C)sc3C2)cc1. The van der Waals surface area contributed by atoms with Crippen molar-refractivity contribution in [2.24, 2.45) is 0 Å². The van der Waals surface area contributed by atoms with Crippen LogP contribution in [0.3, 0.4) is 0 Å². The summed E-state index contributed by atoms with van der Waals surface area (Å²) in [4.78, 5) is 5.79. The van der Waals surface area contributed by atoms with Gasteiger partial charge in [-0.15, -0.1) is 11.3 Å². The highest BCUT2D eigenvalue weighted by atomic mass is 32.2. The summed E-state index contributed by atoms with van der Waals surface area (Å²) in [6.45, 7) is 4.71. The lowest BCUT2D eigenvalue weighted by Gasteiger charge is -2.15. The molecule has 1 aliphatic rings. The zero-order chi connectivity index (χ0) is 13.6. The maximum atomic E-state index is 12.5. The molecule has 100 valence electrons. The summed E-state index contributed by atoms with van der Waals surface area (Å²) in [5.41, 5.74) is 1.95. The van der Waals surface area contributed by atoms with E-state index in [4.69, 9.17) is 0 Å². The van der Waals surface area contributed by atoms with Crippen molar-refractivity contribution in [1.82, 2.24) is 9.29 Å². The first-order chi connectivity index (χ1) is 8.96. The van der Waals surface area contributed by atoms with E-state index in [0.717, 1.165) is 21.1 Å². The van der Waals surface area contributed by atoms with Crippen molar-refractivity contribution in [3.63, 3.8) is 0 Å². The van der Waals surface area contributed by atoms with Crippen molar-refractivity contribution in [2.75, 3.05) is 0 Å². The van der Waals surface area contributed by atoms with Crippen LogP contribution < -0.4 is 0 Å². The molecule has 19 heavy (non-hydrogen) atoms. The predicted molar refractivity (Wildman–Crippen MR) is 74.5 cm³/mol. The lowest BCUT2D eigenvalue weighted by atomic mass is 10.2. The van der Waals surface area contributed by atoms with E-state index < -0.39 is 10.0 Å². The molecule has 1 aliphatic heterocycles. The van der Waals surface area contributed by atoms with E-state index in [-0.39, 0.29) is 0 Å². The zero-order valence-electron chi connectivity index (χ0n) is 10.8. The topological polar surface area (TPSA) is 50.3 Å². The van der Waals surface area contributed by atoms with E-state index in [2.05, 4.69) is 4.98 Å². The molecule has 6 heteroatoms. The number of benzene rings is 1. The van der Waals surface area contributed by atoms with Gasteiger partial charge in [0.05, 0.1) is 28.7 Å². The molecule has 0 spiro atoms. The van der Waals surface area contributed by atoms with Crippen LogP contribution >= 0.6 is 11.3 Å². The van der Waals surface area contributed by atoms with Gasteiger partial charge in [0, 0.05) is 4.88 Å². The number of sulfonamides is 1.